The Balaban J connectivity index is 0.00000432. The molecule has 3 aromatic rings. The minimum absolute atomic E-state index is 0. The van der Waals surface area contributed by atoms with Crippen molar-refractivity contribution in [3.63, 3.8) is 0 Å². The predicted octanol–water partition coefficient (Wildman–Crippen LogP) is 3.82. The number of nitriles is 1. The van der Waals surface area contributed by atoms with E-state index in [0.717, 1.165) is 12.0 Å². The third-order valence-electron chi connectivity index (χ3n) is 5.77. The number of carboxylic acids is 1. The number of nitrogens with one attached hydrogen (secondary N) is 1. The Morgan fingerprint density at radius 2 is 1.86 bits per heavy atom. The molecule has 0 aliphatic rings. The van der Waals surface area contributed by atoms with E-state index in [9.17, 15) is 15.2 Å². The van der Waals surface area contributed by atoms with Gasteiger partial charge in [-0.15, -0.1) is 0 Å². The first-order valence-electron chi connectivity index (χ1n) is 11.5. The Morgan fingerprint density at radius 3 is 2.57 bits per heavy atom. The predicted molar refractivity (Wildman–Crippen MR) is 140 cm³/mol. The standard InChI is InChI=1S/C28H32N2O4.Na.H/c1-28(2,16-20-13-14-21-7-3-4-8-23(21)15-20)30-18-24(31)19-34-26-11-5-9-22(25(26)17-29)10-6-12-27(32)33;;/h3-5,7-9,11,13-15,24,30-31H,6,10,12,16,18-19H2,1-2H3,(H,32,33);;. The van der Waals surface area contributed by atoms with Crippen LogP contribution in [0.4, 0.5) is 0 Å². The monoisotopic (exact) mass is 484 g/mol. The van der Waals surface area contributed by atoms with E-state index in [1.807, 2.05) is 12.1 Å². The summed E-state index contributed by atoms with van der Waals surface area (Å²) in [7, 11) is 0. The number of hydrogen-bond acceptors (Lipinski definition) is 5. The van der Waals surface area contributed by atoms with Crippen molar-refractivity contribution in [2.75, 3.05) is 13.2 Å². The number of aliphatic carboxylic acids is 1. The molecule has 0 amide bonds. The Labute approximate surface area is 229 Å². The summed E-state index contributed by atoms with van der Waals surface area (Å²) in [6.07, 6.45) is 1.04. The summed E-state index contributed by atoms with van der Waals surface area (Å²) in [6.45, 7) is 4.60. The van der Waals surface area contributed by atoms with Crippen LogP contribution in [0.5, 0.6) is 5.75 Å². The first-order chi connectivity index (χ1) is 16.3. The Hall–Kier alpha value is -2.40. The van der Waals surface area contributed by atoms with Gasteiger partial charge in [0.15, 0.2) is 0 Å². The first kappa shape index (κ1) is 28.8. The van der Waals surface area contributed by atoms with Gasteiger partial charge < -0.3 is 20.3 Å². The minimum atomic E-state index is -0.856. The first-order valence-corrected chi connectivity index (χ1v) is 11.5. The Kier molecular flexibility index (Phi) is 11.2. The summed E-state index contributed by atoms with van der Waals surface area (Å²) in [5.74, 6) is -0.449. The third kappa shape index (κ3) is 8.96. The van der Waals surface area contributed by atoms with Crippen LogP contribution >= 0.6 is 0 Å². The molecular weight excluding hydrogens is 451 g/mol. The van der Waals surface area contributed by atoms with Crippen molar-refractivity contribution < 1.29 is 19.7 Å². The van der Waals surface area contributed by atoms with E-state index in [-0.39, 0.29) is 48.1 Å². The van der Waals surface area contributed by atoms with Crippen LogP contribution in [-0.2, 0) is 17.6 Å². The molecule has 0 aliphatic heterocycles. The number of benzene rings is 3. The molecule has 0 radical (unpaired) electrons. The van der Waals surface area contributed by atoms with Gasteiger partial charge in [0.2, 0.25) is 0 Å². The molecule has 0 saturated carbocycles. The molecule has 7 heteroatoms. The quantitative estimate of drug-likeness (QED) is 0.338. The number of hydrogen-bond donors (Lipinski definition) is 3. The van der Waals surface area contributed by atoms with Crippen molar-refractivity contribution >= 4 is 46.3 Å². The fourth-order valence-corrected chi connectivity index (χ4v) is 4.02. The molecule has 1 atom stereocenters. The van der Waals surface area contributed by atoms with Crippen LogP contribution in [0.2, 0.25) is 0 Å². The van der Waals surface area contributed by atoms with Crippen molar-refractivity contribution in [2.24, 2.45) is 0 Å². The number of aliphatic hydroxyl groups is 1. The number of nitrogens with zero attached hydrogens (tertiary/aromatic N) is 1. The molecular formula is C28H33N2NaO4. The molecule has 6 nitrogen and oxygen atoms in total. The molecule has 3 N–H and O–H groups in total. The Bertz CT molecular complexity index is 1170. The molecule has 0 bridgehead atoms. The Morgan fingerprint density at radius 1 is 1.11 bits per heavy atom. The third-order valence-corrected chi connectivity index (χ3v) is 5.77. The zero-order chi connectivity index (χ0) is 24.6. The number of aliphatic hydroxyl groups excluding tert-OH is 1. The number of β-amino-alcohol motifs (C(OH)–C–C–N with tert-alkyl or cyclic N) is 1. The number of carboxylic acid groups (broad SMARTS) is 1. The molecule has 1 unspecified atom stereocenters. The van der Waals surface area contributed by atoms with Crippen LogP contribution in [0.1, 0.15) is 43.4 Å². The molecule has 0 aliphatic carbocycles. The van der Waals surface area contributed by atoms with Crippen LogP contribution in [0.3, 0.4) is 0 Å². The van der Waals surface area contributed by atoms with Gasteiger partial charge in [0.05, 0.1) is 5.56 Å². The van der Waals surface area contributed by atoms with Gasteiger partial charge in [-0.25, -0.2) is 0 Å². The van der Waals surface area contributed by atoms with Gasteiger partial charge in [0, 0.05) is 18.5 Å². The number of aryl methyl sites for hydroxylation is 1. The molecule has 0 spiro atoms. The van der Waals surface area contributed by atoms with Crippen LogP contribution in [0, 0.1) is 11.3 Å². The maximum absolute atomic E-state index is 10.8. The average molecular weight is 485 g/mol. The SMILES string of the molecule is CC(C)(Cc1ccc2ccccc2c1)NCC(O)COc1cccc(CCCC(=O)O)c1C#N.[NaH]. The number of ether oxygens (including phenoxy) is 1. The number of rotatable bonds is 12. The van der Waals surface area contributed by atoms with Gasteiger partial charge in [-0.2, -0.15) is 5.26 Å². The van der Waals surface area contributed by atoms with Crippen molar-refractivity contribution in [1.29, 1.82) is 5.26 Å². The van der Waals surface area contributed by atoms with E-state index in [1.54, 1.807) is 18.2 Å². The summed E-state index contributed by atoms with van der Waals surface area (Å²) in [5, 5.41) is 34.7. The fourth-order valence-electron chi connectivity index (χ4n) is 4.02. The van der Waals surface area contributed by atoms with Crippen LogP contribution in [-0.4, -0.2) is 70.5 Å². The van der Waals surface area contributed by atoms with Crippen LogP contribution in [0.15, 0.2) is 60.7 Å². The average Bonchev–Trinajstić information content (AvgIpc) is 2.81. The molecule has 0 fully saturated rings. The molecule has 3 aromatic carbocycles. The molecule has 0 aromatic heterocycles. The van der Waals surface area contributed by atoms with Crippen molar-refractivity contribution in [1.82, 2.24) is 5.32 Å². The van der Waals surface area contributed by atoms with Gasteiger partial charge in [-0.1, -0.05) is 54.6 Å². The molecule has 0 heterocycles. The molecule has 35 heavy (non-hydrogen) atoms. The number of fused-ring (bicyclic) bond motifs is 1. The zero-order valence-electron chi connectivity index (χ0n) is 19.8. The van der Waals surface area contributed by atoms with Crippen molar-refractivity contribution in [2.45, 2.75) is 51.2 Å². The molecule has 180 valence electrons. The summed E-state index contributed by atoms with van der Waals surface area (Å²) in [5.41, 5.74) is 2.14. The molecule has 0 saturated heterocycles. The van der Waals surface area contributed by atoms with Crippen LogP contribution in [0.25, 0.3) is 10.8 Å². The second kappa shape index (κ2) is 13.6. The topological polar surface area (TPSA) is 103 Å². The van der Waals surface area contributed by atoms with E-state index in [4.69, 9.17) is 9.84 Å². The second-order valence-corrected chi connectivity index (χ2v) is 9.24. The van der Waals surface area contributed by atoms with Gasteiger partial charge in [-0.3, -0.25) is 4.79 Å². The van der Waals surface area contributed by atoms with Crippen molar-refractivity contribution in [3.05, 3.63) is 77.4 Å². The number of carbonyl (C=O) groups is 1. The van der Waals surface area contributed by atoms with Crippen molar-refractivity contribution in [3.8, 4) is 11.8 Å². The van der Waals surface area contributed by atoms with Gasteiger partial charge in [0.1, 0.15) is 24.5 Å². The normalized spacial score (nSPS) is 11.9. The summed E-state index contributed by atoms with van der Waals surface area (Å²) >= 11 is 0. The van der Waals surface area contributed by atoms with E-state index in [0.29, 0.717) is 30.7 Å². The maximum atomic E-state index is 10.8. The van der Waals surface area contributed by atoms with Crippen LogP contribution < -0.4 is 10.1 Å². The van der Waals surface area contributed by atoms with Gasteiger partial charge in [-0.05, 0) is 61.1 Å². The van der Waals surface area contributed by atoms with E-state index in [1.165, 1.54) is 16.3 Å². The van der Waals surface area contributed by atoms with E-state index < -0.39 is 12.1 Å². The van der Waals surface area contributed by atoms with E-state index >= 15 is 0 Å². The van der Waals surface area contributed by atoms with Gasteiger partial charge >= 0.3 is 35.5 Å². The summed E-state index contributed by atoms with van der Waals surface area (Å²) in [4.78, 5) is 10.8. The molecule has 3 rings (SSSR count). The zero-order valence-corrected chi connectivity index (χ0v) is 19.8. The summed E-state index contributed by atoms with van der Waals surface area (Å²) in [6, 6.07) is 22.2. The fraction of sp³-hybridized carbons (Fsp3) is 0.357. The summed E-state index contributed by atoms with van der Waals surface area (Å²) < 4.78 is 5.76. The van der Waals surface area contributed by atoms with E-state index in [2.05, 4.69) is 55.6 Å². The second-order valence-electron chi connectivity index (χ2n) is 9.24. The van der Waals surface area contributed by atoms with Gasteiger partial charge in [0.25, 0.3) is 0 Å².